The quantitative estimate of drug-likeness (QED) is 0.430. The van der Waals surface area contributed by atoms with Crippen LogP contribution in [0.4, 0.5) is 0 Å². The monoisotopic (exact) mass is 219 g/mol. The first-order valence-electron chi connectivity index (χ1n) is 3.11. The first-order valence-corrected chi connectivity index (χ1v) is 3.86. The first-order chi connectivity index (χ1) is 6.15. The molecule has 1 rings (SSSR count). The maximum Gasteiger partial charge on any atom is 0.376 e. The third-order valence-electron chi connectivity index (χ3n) is 1.11. The molecule has 0 amide bonds. The highest BCUT2D eigenvalue weighted by Crippen LogP contribution is 2.30. The standard InChI is InChI=1S/C7H3Cl2NO3/c8-4-1-10-2-5(9)7(4)13-6(12)3-11/h1-3H. The summed E-state index contributed by atoms with van der Waals surface area (Å²) in [5.41, 5.74) is 0. The Bertz CT molecular complexity index is 333. The molecular weight excluding hydrogens is 217 g/mol. The Balaban J connectivity index is 2.99. The Morgan fingerprint density at radius 3 is 2.38 bits per heavy atom. The van der Waals surface area contributed by atoms with E-state index in [1.165, 1.54) is 12.4 Å². The highest BCUT2D eigenvalue weighted by atomic mass is 35.5. The molecule has 1 aromatic heterocycles. The van der Waals surface area contributed by atoms with Gasteiger partial charge in [-0.15, -0.1) is 0 Å². The van der Waals surface area contributed by atoms with E-state index in [1.54, 1.807) is 0 Å². The lowest BCUT2D eigenvalue weighted by Gasteiger charge is -2.03. The molecule has 0 saturated heterocycles. The van der Waals surface area contributed by atoms with Crippen LogP contribution in [-0.4, -0.2) is 17.2 Å². The zero-order valence-corrected chi connectivity index (χ0v) is 7.67. The predicted molar refractivity (Wildman–Crippen MR) is 46.0 cm³/mol. The summed E-state index contributed by atoms with van der Waals surface area (Å²) in [5, 5.41) is 0.144. The lowest BCUT2D eigenvalue weighted by atomic mass is 10.4. The molecule has 13 heavy (non-hydrogen) atoms. The molecule has 0 N–H and O–H groups in total. The average Bonchev–Trinajstić information content (AvgIpc) is 2.11. The summed E-state index contributed by atoms with van der Waals surface area (Å²) in [6.45, 7) is 0. The Morgan fingerprint density at radius 2 is 1.92 bits per heavy atom. The number of hydrogen-bond acceptors (Lipinski definition) is 4. The van der Waals surface area contributed by atoms with Crippen LogP contribution in [0.1, 0.15) is 0 Å². The van der Waals surface area contributed by atoms with Gasteiger partial charge in [0.05, 0.1) is 0 Å². The highest BCUT2D eigenvalue weighted by molar-refractivity contribution is 6.37. The van der Waals surface area contributed by atoms with Crippen molar-refractivity contribution in [1.29, 1.82) is 0 Å². The fourth-order valence-electron chi connectivity index (χ4n) is 0.622. The van der Waals surface area contributed by atoms with E-state index in [0.29, 0.717) is 0 Å². The van der Waals surface area contributed by atoms with E-state index in [9.17, 15) is 9.59 Å². The molecule has 0 fully saturated rings. The van der Waals surface area contributed by atoms with E-state index in [4.69, 9.17) is 23.2 Å². The summed E-state index contributed by atoms with van der Waals surface area (Å²) < 4.78 is 4.51. The van der Waals surface area contributed by atoms with Crippen LogP contribution in [0, 0.1) is 0 Å². The molecule has 0 aromatic carbocycles. The molecule has 0 unspecified atom stereocenters. The topological polar surface area (TPSA) is 56.3 Å². The summed E-state index contributed by atoms with van der Waals surface area (Å²) in [4.78, 5) is 24.1. The second kappa shape index (κ2) is 4.20. The zero-order chi connectivity index (χ0) is 9.84. The molecule has 1 heterocycles. The molecule has 0 aliphatic carbocycles. The van der Waals surface area contributed by atoms with Gasteiger partial charge in [0.2, 0.25) is 6.29 Å². The smallest absolute Gasteiger partial charge is 0.376 e. The van der Waals surface area contributed by atoms with Crippen LogP contribution >= 0.6 is 23.2 Å². The minimum absolute atomic E-state index is 0.0209. The highest BCUT2D eigenvalue weighted by Gasteiger charge is 2.11. The van der Waals surface area contributed by atoms with Gasteiger partial charge >= 0.3 is 5.97 Å². The Kier molecular flexibility index (Phi) is 3.22. The van der Waals surface area contributed by atoms with Gasteiger partial charge in [0.15, 0.2) is 5.75 Å². The van der Waals surface area contributed by atoms with E-state index in [2.05, 4.69) is 9.72 Å². The van der Waals surface area contributed by atoms with Gasteiger partial charge in [0, 0.05) is 12.4 Å². The molecule has 0 spiro atoms. The van der Waals surface area contributed by atoms with Crippen molar-refractivity contribution in [1.82, 2.24) is 4.98 Å². The van der Waals surface area contributed by atoms with Crippen LogP contribution in [0.2, 0.25) is 10.0 Å². The van der Waals surface area contributed by atoms with Crippen molar-refractivity contribution in [2.24, 2.45) is 0 Å². The SMILES string of the molecule is O=CC(=O)Oc1c(Cl)cncc1Cl. The second-order valence-electron chi connectivity index (χ2n) is 1.97. The molecule has 0 aliphatic rings. The summed E-state index contributed by atoms with van der Waals surface area (Å²) in [6, 6.07) is 0. The largest absolute Gasteiger partial charge is 0.418 e. The van der Waals surface area contributed by atoms with E-state index >= 15 is 0 Å². The number of rotatable bonds is 2. The first kappa shape index (κ1) is 9.95. The van der Waals surface area contributed by atoms with Crippen LogP contribution < -0.4 is 4.74 Å². The fourth-order valence-corrected chi connectivity index (χ4v) is 1.06. The van der Waals surface area contributed by atoms with Crippen LogP contribution in [0.3, 0.4) is 0 Å². The van der Waals surface area contributed by atoms with E-state index in [-0.39, 0.29) is 22.1 Å². The minimum Gasteiger partial charge on any atom is -0.418 e. The number of nitrogens with zero attached hydrogens (tertiary/aromatic N) is 1. The average molecular weight is 220 g/mol. The van der Waals surface area contributed by atoms with Crippen molar-refractivity contribution in [3.63, 3.8) is 0 Å². The van der Waals surface area contributed by atoms with Crippen molar-refractivity contribution < 1.29 is 14.3 Å². The second-order valence-corrected chi connectivity index (χ2v) is 2.79. The Morgan fingerprint density at radius 1 is 1.38 bits per heavy atom. The van der Waals surface area contributed by atoms with E-state index in [1.807, 2.05) is 0 Å². The number of aromatic nitrogens is 1. The number of ether oxygens (including phenoxy) is 1. The summed E-state index contributed by atoms with van der Waals surface area (Å²) in [5.74, 6) is -1.12. The van der Waals surface area contributed by atoms with Crippen LogP contribution in [0.5, 0.6) is 5.75 Å². The molecule has 6 heteroatoms. The molecule has 0 aliphatic heterocycles. The van der Waals surface area contributed by atoms with Gasteiger partial charge < -0.3 is 4.74 Å². The number of hydrogen-bond donors (Lipinski definition) is 0. The van der Waals surface area contributed by atoms with Gasteiger partial charge in [0.1, 0.15) is 10.0 Å². The summed E-state index contributed by atoms with van der Waals surface area (Å²) in [6.07, 6.45) is 2.52. The normalized spacial score (nSPS) is 9.38. The fraction of sp³-hybridized carbons (Fsp3) is 0. The van der Waals surface area contributed by atoms with Gasteiger partial charge in [-0.25, -0.2) is 4.79 Å². The van der Waals surface area contributed by atoms with Crippen LogP contribution in [0.15, 0.2) is 12.4 Å². The van der Waals surface area contributed by atoms with Crippen molar-refractivity contribution >= 4 is 35.5 Å². The van der Waals surface area contributed by atoms with Crippen LogP contribution in [0.25, 0.3) is 0 Å². The van der Waals surface area contributed by atoms with Gasteiger partial charge in [-0.2, -0.15) is 0 Å². The van der Waals surface area contributed by atoms with E-state index < -0.39 is 5.97 Å². The Labute approximate surface area is 83.4 Å². The number of carbonyl (C=O) groups excluding carboxylic acids is 2. The number of esters is 1. The predicted octanol–water partition coefficient (Wildman–Crippen LogP) is 1.49. The molecule has 4 nitrogen and oxygen atoms in total. The van der Waals surface area contributed by atoms with Gasteiger partial charge in [-0.1, -0.05) is 23.2 Å². The summed E-state index contributed by atoms with van der Waals surface area (Å²) >= 11 is 11.2. The van der Waals surface area contributed by atoms with Crippen molar-refractivity contribution in [3.8, 4) is 5.75 Å². The lowest BCUT2D eigenvalue weighted by Crippen LogP contribution is -2.09. The van der Waals surface area contributed by atoms with E-state index in [0.717, 1.165) is 0 Å². The molecule has 0 radical (unpaired) electrons. The number of aldehydes is 1. The van der Waals surface area contributed by atoms with Crippen LogP contribution in [-0.2, 0) is 9.59 Å². The van der Waals surface area contributed by atoms with Gasteiger partial charge in [-0.05, 0) is 0 Å². The molecular formula is C7H3Cl2NO3. The number of halogens is 2. The molecule has 0 bridgehead atoms. The molecule has 68 valence electrons. The number of carbonyl (C=O) groups is 2. The zero-order valence-electron chi connectivity index (χ0n) is 6.16. The van der Waals surface area contributed by atoms with Crippen molar-refractivity contribution in [2.75, 3.05) is 0 Å². The third-order valence-corrected chi connectivity index (χ3v) is 1.65. The van der Waals surface area contributed by atoms with Gasteiger partial charge in [0.25, 0.3) is 0 Å². The van der Waals surface area contributed by atoms with Crippen molar-refractivity contribution in [3.05, 3.63) is 22.4 Å². The van der Waals surface area contributed by atoms with Gasteiger partial charge in [-0.3, -0.25) is 9.78 Å². The minimum atomic E-state index is -1.06. The lowest BCUT2D eigenvalue weighted by molar-refractivity contribution is -0.141. The molecule has 1 aromatic rings. The van der Waals surface area contributed by atoms with Crippen molar-refractivity contribution in [2.45, 2.75) is 0 Å². The number of pyridine rings is 1. The molecule has 0 saturated carbocycles. The third kappa shape index (κ3) is 2.40. The maximum atomic E-state index is 10.6. The Hall–Kier alpha value is -1.13. The summed E-state index contributed by atoms with van der Waals surface area (Å²) in [7, 11) is 0. The maximum absolute atomic E-state index is 10.6. The molecule has 0 atom stereocenters.